The third-order valence-corrected chi connectivity index (χ3v) is 2.46. The molecular formula is C11H17ClN2O. The Morgan fingerprint density at radius 2 is 2.13 bits per heavy atom. The van der Waals surface area contributed by atoms with Gasteiger partial charge in [0.15, 0.2) is 0 Å². The lowest BCUT2D eigenvalue weighted by Gasteiger charge is -2.17. The van der Waals surface area contributed by atoms with Crippen molar-refractivity contribution in [3.63, 3.8) is 0 Å². The van der Waals surface area contributed by atoms with E-state index in [1.807, 2.05) is 37.2 Å². The Balaban J connectivity index is 2.82. The highest BCUT2D eigenvalue weighted by atomic mass is 35.5. The largest absolute Gasteiger partial charge is 0.495 e. The molecule has 1 unspecified atom stereocenters. The fraction of sp³-hybridized carbons (Fsp3) is 0.455. The lowest BCUT2D eigenvalue weighted by Crippen LogP contribution is -2.25. The van der Waals surface area contributed by atoms with E-state index in [1.165, 1.54) is 0 Å². The van der Waals surface area contributed by atoms with Crippen molar-refractivity contribution in [1.29, 1.82) is 0 Å². The Bertz CT molecular complexity index is 328. The maximum absolute atomic E-state index is 6.02. The standard InChI is InChI=1S/C11H17ClN2O/c1-14(2)7-10(13)8-4-5-11(15-3)9(12)6-8/h4-6,10H,7,13H2,1-3H3. The second-order valence-corrected chi connectivity index (χ2v) is 4.17. The fourth-order valence-electron chi connectivity index (χ4n) is 1.41. The van der Waals surface area contributed by atoms with Crippen LogP contribution in [0.25, 0.3) is 0 Å². The monoisotopic (exact) mass is 228 g/mol. The number of rotatable bonds is 4. The van der Waals surface area contributed by atoms with Crippen molar-refractivity contribution in [2.45, 2.75) is 6.04 Å². The van der Waals surface area contributed by atoms with Crippen LogP contribution in [0.4, 0.5) is 0 Å². The summed E-state index contributed by atoms with van der Waals surface area (Å²) in [6.07, 6.45) is 0. The number of halogens is 1. The maximum Gasteiger partial charge on any atom is 0.137 e. The van der Waals surface area contributed by atoms with Crippen molar-refractivity contribution in [3.05, 3.63) is 28.8 Å². The van der Waals surface area contributed by atoms with Gasteiger partial charge in [0.2, 0.25) is 0 Å². The van der Waals surface area contributed by atoms with Crippen molar-refractivity contribution >= 4 is 11.6 Å². The molecule has 0 heterocycles. The molecule has 0 spiro atoms. The Labute approximate surface area is 95.8 Å². The molecular weight excluding hydrogens is 212 g/mol. The molecule has 0 fully saturated rings. The minimum atomic E-state index is -0.0246. The van der Waals surface area contributed by atoms with Gasteiger partial charge in [-0.15, -0.1) is 0 Å². The zero-order valence-electron chi connectivity index (χ0n) is 9.33. The zero-order valence-corrected chi connectivity index (χ0v) is 10.1. The molecule has 0 aromatic heterocycles. The average molecular weight is 229 g/mol. The van der Waals surface area contributed by atoms with Crippen LogP contribution >= 0.6 is 11.6 Å². The van der Waals surface area contributed by atoms with E-state index in [0.717, 1.165) is 12.1 Å². The van der Waals surface area contributed by atoms with Crippen LogP contribution in [0.15, 0.2) is 18.2 Å². The van der Waals surface area contributed by atoms with Gasteiger partial charge in [0.25, 0.3) is 0 Å². The highest BCUT2D eigenvalue weighted by Gasteiger charge is 2.09. The van der Waals surface area contributed by atoms with Crippen molar-refractivity contribution in [2.75, 3.05) is 27.7 Å². The normalized spacial score (nSPS) is 12.9. The van der Waals surface area contributed by atoms with Crippen LogP contribution in [0.2, 0.25) is 5.02 Å². The van der Waals surface area contributed by atoms with Crippen LogP contribution < -0.4 is 10.5 Å². The number of methoxy groups -OCH3 is 1. The van der Waals surface area contributed by atoms with Crippen LogP contribution in [0.3, 0.4) is 0 Å². The molecule has 0 aliphatic carbocycles. The van der Waals surface area contributed by atoms with Crippen LogP contribution in [0, 0.1) is 0 Å². The van der Waals surface area contributed by atoms with Gasteiger partial charge in [0.1, 0.15) is 5.75 Å². The molecule has 4 heteroatoms. The zero-order chi connectivity index (χ0) is 11.4. The van der Waals surface area contributed by atoms with Crippen LogP contribution in [-0.2, 0) is 0 Å². The van der Waals surface area contributed by atoms with E-state index in [2.05, 4.69) is 0 Å². The predicted octanol–water partition coefficient (Wildman–Crippen LogP) is 1.91. The number of hydrogen-bond acceptors (Lipinski definition) is 3. The number of ether oxygens (including phenoxy) is 1. The van der Waals surface area contributed by atoms with Gasteiger partial charge in [-0.2, -0.15) is 0 Å². The number of nitrogens with zero attached hydrogens (tertiary/aromatic N) is 1. The van der Waals surface area contributed by atoms with Gasteiger partial charge in [0, 0.05) is 12.6 Å². The molecule has 0 aliphatic rings. The summed E-state index contributed by atoms with van der Waals surface area (Å²) < 4.78 is 5.08. The van der Waals surface area contributed by atoms with Crippen LogP contribution in [-0.4, -0.2) is 32.6 Å². The minimum absolute atomic E-state index is 0.0246. The topological polar surface area (TPSA) is 38.5 Å². The third-order valence-electron chi connectivity index (χ3n) is 2.17. The van der Waals surface area contributed by atoms with Crippen molar-refractivity contribution in [3.8, 4) is 5.75 Å². The first-order valence-electron chi connectivity index (χ1n) is 4.78. The van der Waals surface area contributed by atoms with E-state index in [1.54, 1.807) is 7.11 Å². The lowest BCUT2D eigenvalue weighted by molar-refractivity contribution is 0.376. The Kier molecular flexibility index (Phi) is 4.39. The summed E-state index contributed by atoms with van der Waals surface area (Å²) in [4.78, 5) is 2.04. The van der Waals surface area contributed by atoms with Gasteiger partial charge in [0.05, 0.1) is 12.1 Å². The highest BCUT2D eigenvalue weighted by molar-refractivity contribution is 6.32. The predicted molar refractivity (Wildman–Crippen MR) is 63.5 cm³/mol. The summed E-state index contributed by atoms with van der Waals surface area (Å²) in [5.74, 6) is 0.678. The van der Waals surface area contributed by atoms with Crippen molar-refractivity contribution < 1.29 is 4.74 Å². The van der Waals surface area contributed by atoms with E-state index >= 15 is 0 Å². The number of hydrogen-bond donors (Lipinski definition) is 1. The lowest BCUT2D eigenvalue weighted by atomic mass is 10.1. The Morgan fingerprint density at radius 3 is 2.60 bits per heavy atom. The second-order valence-electron chi connectivity index (χ2n) is 3.76. The summed E-state index contributed by atoms with van der Waals surface area (Å²) in [5.41, 5.74) is 7.04. The first-order valence-corrected chi connectivity index (χ1v) is 5.16. The SMILES string of the molecule is COc1ccc(C(N)CN(C)C)cc1Cl. The quantitative estimate of drug-likeness (QED) is 0.856. The second kappa shape index (κ2) is 5.35. The van der Waals surface area contributed by atoms with Gasteiger partial charge < -0.3 is 15.4 Å². The minimum Gasteiger partial charge on any atom is -0.495 e. The van der Waals surface area contributed by atoms with Gasteiger partial charge in [-0.3, -0.25) is 0 Å². The molecule has 0 radical (unpaired) electrons. The summed E-state index contributed by atoms with van der Waals surface area (Å²) in [7, 11) is 5.58. The molecule has 15 heavy (non-hydrogen) atoms. The van der Waals surface area contributed by atoms with Crippen LogP contribution in [0.1, 0.15) is 11.6 Å². The van der Waals surface area contributed by atoms with Crippen LogP contribution in [0.5, 0.6) is 5.75 Å². The molecule has 0 bridgehead atoms. The summed E-state index contributed by atoms with van der Waals surface area (Å²) in [6, 6.07) is 5.61. The number of nitrogens with two attached hydrogens (primary N) is 1. The molecule has 0 aliphatic heterocycles. The highest BCUT2D eigenvalue weighted by Crippen LogP contribution is 2.26. The van der Waals surface area contributed by atoms with Gasteiger partial charge in [-0.1, -0.05) is 17.7 Å². The molecule has 1 aromatic carbocycles. The smallest absolute Gasteiger partial charge is 0.137 e. The third kappa shape index (κ3) is 3.38. The first kappa shape index (κ1) is 12.3. The molecule has 84 valence electrons. The Hall–Kier alpha value is -0.770. The van der Waals surface area contributed by atoms with Crippen molar-refractivity contribution in [1.82, 2.24) is 4.90 Å². The summed E-state index contributed by atoms with van der Waals surface area (Å²) in [5, 5.41) is 0.601. The molecule has 0 saturated heterocycles. The fourth-order valence-corrected chi connectivity index (χ4v) is 1.68. The average Bonchev–Trinajstić information content (AvgIpc) is 2.16. The maximum atomic E-state index is 6.02. The molecule has 1 atom stereocenters. The van der Waals surface area contributed by atoms with E-state index < -0.39 is 0 Å². The molecule has 2 N–H and O–H groups in total. The van der Waals surface area contributed by atoms with Gasteiger partial charge in [-0.05, 0) is 31.8 Å². The van der Waals surface area contributed by atoms with Gasteiger partial charge in [-0.25, -0.2) is 0 Å². The summed E-state index contributed by atoms with van der Waals surface area (Å²) in [6.45, 7) is 0.794. The number of benzene rings is 1. The molecule has 0 saturated carbocycles. The molecule has 1 aromatic rings. The van der Waals surface area contributed by atoms with E-state index in [9.17, 15) is 0 Å². The van der Waals surface area contributed by atoms with E-state index in [0.29, 0.717) is 10.8 Å². The molecule has 3 nitrogen and oxygen atoms in total. The molecule has 1 rings (SSSR count). The first-order chi connectivity index (χ1) is 7.04. The Morgan fingerprint density at radius 1 is 1.47 bits per heavy atom. The van der Waals surface area contributed by atoms with E-state index in [4.69, 9.17) is 22.1 Å². The van der Waals surface area contributed by atoms with E-state index in [-0.39, 0.29) is 6.04 Å². The summed E-state index contributed by atoms with van der Waals surface area (Å²) >= 11 is 6.02. The molecule has 0 amide bonds. The number of likely N-dealkylation sites (N-methyl/N-ethyl adjacent to an activating group) is 1. The van der Waals surface area contributed by atoms with Gasteiger partial charge >= 0.3 is 0 Å². The van der Waals surface area contributed by atoms with Crippen molar-refractivity contribution in [2.24, 2.45) is 5.73 Å².